The van der Waals surface area contributed by atoms with Crippen LogP contribution in [-0.4, -0.2) is 70.6 Å². The molecule has 68 heavy (non-hydrogen) atoms. The summed E-state index contributed by atoms with van der Waals surface area (Å²) in [6.45, 7) is 3.25. The van der Waals surface area contributed by atoms with Gasteiger partial charge in [0.15, 0.2) is 18.2 Å². The Morgan fingerprint density at radius 1 is 0.559 bits per heavy atom. The predicted molar refractivity (Wildman–Crippen MR) is 241 cm³/mol. The van der Waals surface area contributed by atoms with Crippen LogP contribution in [0.2, 0.25) is 0 Å². The zero-order valence-electron chi connectivity index (χ0n) is 35.3. The Kier molecular flexibility index (Phi) is 17.5. The number of thioether (sulfide) groups is 1. The Morgan fingerprint density at radius 2 is 0.985 bits per heavy atom. The molecule has 0 saturated heterocycles. The molecule has 0 atom stereocenters. The highest BCUT2D eigenvalue weighted by Crippen LogP contribution is 2.34. The number of carboxylic acid groups (broad SMARTS) is 2. The van der Waals surface area contributed by atoms with E-state index in [-0.39, 0.29) is 44.9 Å². The average molecular weight is 1000 g/mol. The van der Waals surface area contributed by atoms with Gasteiger partial charge in [0, 0.05) is 36.9 Å². The van der Waals surface area contributed by atoms with Crippen molar-refractivity contribution in [3.63, 3.8) is 0 Å². The number of thiophene rings is 2. The molecule has 0 fully saturated rings. The van der Waals surface area contributed by atoms with Crippen molar-refractivity contribution < 1.29 is 79.5 Å². The van der Waals surface area contributed by atoms with Gasteiger partial charge in [0.05, 0.1) is 16.9 Å². The maximum atomic E-state index is 13.0. The fourth-order valence-electron chi connectivity index (χ4n) is 5.75. The summed E-state index contributed by atoms with van der Waals surface area (Å²) < 4.78 is 86.9. The number of rotatable bonds is 18. The number of benzene rings is 4. The van der Waals surface area contributed by atoms with E-state index in [4.69, 9.17) is 14.9 Å². The van der Waals surface area contributed by atoms with E-state index in [1.54, 1.807) is 36.4 Å². The number of aliphatic carboxylic acids is 2. The van der Waals surface area contributed by atoms with Gasteiger partial charge in [-0.1, -0.05) is 19.9 Å². The lowest BCUT2D eigenvalue weighted by atomic mass is 10.0. The summed E-state index contributed by atoms with van der Waals surface area (Å²) in [5, 5.41) is 23.5. The standard InChI is InChI=1S/C23H18F3NO6S.C23H18F3NO5S2/c1-2-17-11-18(20(30)13-3-9-16(10-4-13)33-23(24,25)26)22(34-17)27-21(31)14-5-7-15(8-6-14)32-12-19(28)29;1-2-16-11-18(20(30)13-6-8-15(9-7-13)32-23(24,25)26)22(34-16)27-21(31)14-4-3-5-17(10-14)33-12-19(28)29/h2*3-11H,2,12H2,1H3,(H,27,31)(H,28,29). The van der Waals surface area contributed by atoms with Crippen molar-refractivity contribution in [3.05, 3.63) is 152 Å². The lowest BCUT2D eigenvalue weighted by Gasteiger charge is -2.10. The van der Waals surface area contributed by atoms with Gasteiger partial charge in [0.1, 0.15) is 27.3 Å². The van der Waals surface area contributed by atoms with Gasteiger partial charge in [0.2, 0.25) is 0 Å². The summed E-state index contributed by atoms with van der Waals surface area (Å²) in [6.07, 6.45) is -8.46. The summed E-state index contributed by atoms with van der Waals surface area (Å²) in [6, 6.07) is 24.5. The number of nitrogens with one attached hydrogen (secondary N) is 2. The van der Waals surface area contributed by atoms with Gasteiger partial charge in [-0.2, -0.15) is 0 Å². The van der Waals surface area contributed by atoms with Crippen LogP contribution in [0.4, 0.5) is 36.3 Å². The molecule has 4 N–H and O–H groups in total. The van der Waals surface area contributed by atoms with Crippen molar-refractivity contribution in [3.8, 4) is 17.2 Å². The third kappa shape index (κ3) is 15.5. The topological polar surface area (TPSA) is 195 Å². The van der Waals surface area contributed by atoms with Crippen LogP contribution in [0, 0.1) is 0 Å². The minimum absolute atomic E-state index is 0.130. The SMILES string of the molecule is CCc1cc(C(=O)c2ccc(OC(F)(F)F)cc2)c(NC(=O)c2ccc(OCC(=O)O)cc2)s1.CCc1cc(C(=O)c2ccc(OC(F)(F)F)cc2)c(NC(=O)c2cccc(SCC(=O)O)c2)s1. The molecule has 0 aliphatic rings. The minimum atomic E-state index is -4.84. The zero-order valence-corrected chi connectivity index (χ0v) is 37.7. The number of aryl methyl sites for hydroxylation is 2. The Bertz CT molecular complexity index is 2770. The molecule has 0 aliphatic heterocycles. The summed E-state index contributed by atoms with van der Waals surface area (Å²) in [4.78, 5) is 75.2. The van der Waals surface area contributed by atoms with Crippen LogP contribution in [0.3, 0.4) is 0 Å². The fourth-order valence-corrected chi connectivity index (χ4v) is 8.41. The molecular weight excluding hydrogens is 967 g/mol. The molecule has 6 rings (SSSR count). The molecule has 0 bridgehead atoms. The van der Waals surface area contributed by atoms with E-state index in [1.165, 1.54) is 71.2 Å². The van der Waals surface area contributed by atoms with Crippen LogP contribution in [0.25, 0.3) is 0 Å². The van der Waals surface area contributed by atoms with Crippen molar-refractivity contribution in [2.75, 3.05) is 23.0 Å². The number of hydrogen-bond acceptors (Lipinski definition) is 12. The summed E-state index contributed by atoms with van der Waals surface area (Å²) in [5.41, 5.74) is 1.23. The number of anilines is 2. The number of alkyl halides is 6. The quantitative estimate of drug-likeness (QED) is 0.0362. The molecule has 0 saturated carbocycles. The van der Waals surface area contributed by atoms with E-state index in [0.717, 1.165) is 45.8 Å². The monoisotopic (exact) mass is 1000 g/mol. The van der Waals surface area contributed by atoms with Crippen molar-refractivity contribution in [1.29, 1.82) is 0 Å². The van der Waals surface area contributed by atoms with Crippen LogP contribution in [0.5, 0.6) is 17.2 Å². The van der Waals surface area contributed by atoms with Gasteiger partial charge in [-0.3, -0.25) is 24.0 Å². The molecule has 0 unspecified atom stereocenters. The highest BCUT2D eigenvalue weighted by atomic mass is 32.2. The molecule has 2 amide bonds. The average Bonchev–Trinajstić information content (AvgIpc) is 3.90. The predicted octanol–water partition coefficient (Wildman–Crippen LogP) is 11.0. The highest BCUT2D eigenvalue weighted by molar-refractivity contribution is 8.00. The fraction of sp³-hybridized carbons (Fsp3) is 0.174. The minimum Gasteiger partial charge on any atom is -0.482 e. The first-order chi connectivity index (χ1) is 32.1. The molecule has 0 aliphatic carbocycles. The highest BCUT2D eigenvalue weighted by Gasteiger charge is 2.32. The molecule has 0 spiro atoms. The van der Waals surface area contributed by atoms with Gasteiger partial charge in [-0.05, 0) is 116 Å². The lowest BCUT2D eigenvalue weighted by Crippen LogP contribution is -2.17. The van der Waals surface area contributed by atoms with Gasteiger partial charge in [-0.15, -0.1) is 60.8 Å². The molecule has 2 aromatic heterocycles. The molecule has 22 heteroatoms. The van der Waals surface area contributed by atoms with E-state index in [0.29, 0.717) is 27.7 Å². The van der Waals surface area contributed by atoms with Crippen molar-refractivity contribution in [2.45, 2.75) is 44.3 Å². The van der Waals surface area contributed by atoms with Crippen LogP contribution in [-0.2, 0) is 22.4 Å². The van der Waals surface area contributed by atoms with Gasteiger partial charge >= 0.3 is 24.7 Å². The molecule has 2 heterocycles. The Hall–Kier alpha value is -7.17. The molecule has 13 nitrogen and oxygen atoms in total. The number of carbonyl (C=O) groups excluding carboxylic acids is 4. The number of ether oxygens (including phenoxy) is 3. The van der Waals surface area contributed by atoms with E-state index in [9.17, 15) is 55.1 Å². The largest absolute Gasteiger partial charge is 0.573 e. The van der Waals surface area contributed by atoms with Crippen molar-refractivity contribution >= 4 is 79.8 Å². The lowest BCUT2D eigenvalue weighted by molar-refractivity contribution is -0.275. The first-order valence-electron chi connectivity index (χ1n) is 19.7. The number of carboxylic acids is 2. The third-order valence-electron chi connectivity index (χ3n) is 8.84. The first kappa shape index (κ1) is 51.8. The number of carbonyl (C=O) groups is 6. The second-order valence-corrected chi connectivity index (χ2v) is 17.1. The Morgan fingerprint density at radius 3 is 1.40 bits per heavy atom. The van der Waals surface area contributed by atoms with Gasteiger partial charge in [0.25, 0.3) is 11.8 Å². The number of hydrogen-bond donors (Lipinski definition) is 4. The maximum absolute atomic E-state index is 13.0. The second-order valence-electron chi connectivity index (χ2n) is 13.7. The van der Waals surface area contributed by atoms with Crippen LogP contribution in [0.15, 0.2) is 114 Å². The molecular formula is C46H36F6N2O11S3. The second kappa shape index (κ2) is 23.0. The van der Waals surface area contributed by atoms with Crippen molar-refractivity contribution in [2.24, 2.45) is 0 Å². The number of amides is 2. The normalized spacial score (nSPS) is 11.1. The van der Waals surface area contributed by atoms with E-state index < -0.39 is 66.2 Å². The third-order valence-corrected chi connectivity index (χ3v) is 12.2. The molecule has 6 aromatic rings. The molecule has 356 valence electrons. The van der Waals surface area contributed by atoms with E-state index in [1.807, 2.05) is 13.8 Å². The smallest absolute Gasteiger partial charge is 0.482 e. The maximum Gasteiger partial charge on any atom is 0.573 e. The molecule has 4 aromatic carbocycles. The van der Waals surface area contributed by atoms with E-state index in [2.05, 4.69) is 20.1 Å². The van der Waals surface area contributed by atoms with E-state index >= 15 is 0 Å². The zero-order chi connectivity index (χ0) is 49.8. The van der Waals surface area contributed by atoms with Crippen molar-refractivity contribution in [1.82, 2.24) is 0 Å². The van der Waals surface area contributed by atoms with Crippen LogP contribution < -0.4 is 24.8 Å². The summed E-state index contributed by atoms with van der Waals surface area (Å²) >= 11 is 3.51. The number of halogens is 6. The summed E-state index contributed by atoms with van der Waals surface area (Å²) in [7, 11) is 0. The summed E-state index contributed by atoms with van der Waals surface area (Å²) in [5.74, 6) is -4.80. The Balaban J connectivity index is 0.000000254. The Labute approximate surface area is 394 Å². The molecule has 0 radical (unpaired) electrons. The van der Waals surface area contributed by atoms with Gasteiger partial charge in [-0.25, -0.2) is 4.79 Å². The first-order valence-corrected chi connectivity index (χ1v) is 22.3. The number of ketones is 2. The van der Waals surface area contributed by atoms with Crippen LogP contribution in [0.1, 0.15) is 76.2 Å². The van der Waals surface area contributed by atoms with Crippen LogP contribution >= 0.6 is 34.4 Å². The van der Waals surface area contributed by atoms with Gasteiger partial charge < -0.3 is 35.1 Å².